The molecule has 2 aromatic carbocycles. The Morgan fingerprint density at radius 1 is 1.00 bits per heavy atom. The van der Waals surface area contributed by atoms with Crippen molar-refractivity contribution in [2.75, 3.05) is 19.6 Å². The van der Waals surface area contributed by atoms with E-state index in [1.165, 1.54) is 47.5 Å². The van der Waals surface area contributed by atoms with E-state index in [1.807, 2.05) is 11.9 Å². The number of rotatable bonds is 7. The topological polar surface area (TPSA) is 15.3 Å². The fourth-order valence-corrected chi connectivity index (χ4v) is 4.15. The van der Waals surface area contributed by atoms with Crippen LogP contribution in [0.25, 0.3) is 11.1 Å². The van der Waals surface area contributed by atoms with Crippen molar-refractivity contribution in [1.82, 2.24) is 9.62 Å². The van der Waals surface area contributed by atoms with Gasteiger partial charge in [0.2, 0.25) is 0 Å². The van der Waals surface area contributed by atoms with Crippen molar-refractivity contribution in [1.29, 1.82) is 0 Å². The van der Waals surface area contributed by atoms with Crippen LogP contribution in [0.2, 0.25) is 0 Å². The van der Waals surface area contributed by atoms with Crippen molar-refractivity contribution in [2.24, 2.45) is 5.92 Å². The largest absolute Gasteiger partial charge is 0.312 e. The lowest BCUT2D eigenvalue weighted by Gasteiger charge is -2.16. The number of nitrogens with one attached hydrogen (secondary N) is 1. The molecule has 1 aliphatic heterocycles. The molecule has 0 aromatic heterocycles. The molecule has 0 saturated carbocycles. The van der Waals surface area contributed by atoms with E-state index in [2.05, 4.69) is 72.0 Å². The molecule has 0 amide bonds. The zero-order valence-electron chi connectivity index (χ0n) is 14.8. The molecule has 0 bridgehead atoms. The van der Waals surface area contributed by atoms with E-state index in [4.69, 9.17) is 0 Å². The zero-order valence-corrected chi connectivity index (χ0v) is 15.6. The highest BCUT2D eigenvalue weighted by Gasteiger charge is 2.15. The molecule has 0 radical (unpaired) electrons. The molecule has 2 nitrogen and oxygen atoms in total. The van der Waals surface area contributed by atoms with E-state index < -0.39 is 0 Å². The molecule has 3 rings (SSSR count). The SMILES string of the molecule is CC(C)CNCc1ccc(-c2ccccc2SN2CCCC2)cc1. The van der Waals surface area contributed by atoms with Gasteiger partial charge in [-0.15, -0.1) is 0 Å². The zero-order chi connectivity index (χ0) is 16.8. The molecule has 3 heteroatoms. The lowest BCUT2D eigenvalue weighted by Crippen LogP contribution is -2.18. The van der Waals surface area contributed by atoms with Gasteiger partial charge < -0.3 is 5.32 Å². The molecule has 0 spiro atoms. The maximum absolute atomic E-state index is 3.51. The van der Waals surface area contributed by atoms with Crippen molar-refractivity contribution in [3.8, 4) is 11.1 Å². The molecule has 1 fully saturated rings. The summed E-state index contributed by atoms with van der Waals surface area (Å²) in [6, 6.07) is 17.8. The van der Waals surface area contributed by atoms with Gasteiger partial charge in [-0.25, -0.2) is 4.31 Å². The van der Waals surface area contributed by atoms with E-state index in [9.17, 15) is 0 Å². The van der Waals surface area contributed by atoms with Gasteiger partial charge in [-0.3, -0.25) is 0 Å². The second-order valence-electron chi connectivity index (χ2n) is 6.95. The minimum absolute atomic E-state index is 0.693. The van der Waals surface area contributed by atoms with Crippen LogP contribution in [0, 0.1) is 5.92 Å². The first kappa shape index (κ1) is 17.5. The summed E-state index contributed by atoms with van der Waals surface area (Å²) in [5.74, 6) is 0.693. The van der Waals surface area contributed by atoms with Crippen molar-refractivity contribution in [2.45, 2.75) is 38.1 Å². The third-order valence-corrected chi connectivity index (χ3v) is 5.50. The predicted molar refractivity (Wildman–Crippen MR) is 105 cm³/mol. The van der Waals surface area contributed by atoms with Gasteiger partial charge >= 0.3 is 0 Å². The Kier molecular flexibility index (Phi) is 6.36. The van der Waals surface area contributed by atoms with Gasteiger partial charge in [0.15, 0.2) is 0 Å². The smallest absolute Gasteiger partial charge is 0.0308 e. The van der Waals surface area contributed by atoms with Gasteiger partial charge in [-0.2, -0.15) is 0 Å². The highest BCUT2D eigenvalue weighted by molar-refractivity contribution is 7.97. The highest BCUT2D eigenvalue weighted by Crippen LogP contribution is 2.34. The van der Waals surface area contributed by atoms with Crippen LogP contribution in [-0.2, 0) is 6.54 Å². The third kappa shape index (κ3) is 4.85. The summed E-state index contributed by atoms with van der Waals surface area (Å²) >= 11 is 1.91. The van der Waals surface area contributed by atoms with Gasteiger partial charge in [-0.1, -0.05) is 56.3 Å². The monoisotopic (exact) mass is 340 g/mol. The minimum atomic E-state index is 0.693. The van der Waals surface area contributed by atoms with Crippen LogP contribution in [0.15, 0.2) is 53.4 Å². The van der Waals surface area contributed by atoms with Gasteiger partial charge in [-0.05, 0) is 60.0 Å². The van der Waals surface area contributed by atoms with Gasteiger partial charge in [0.25, 0.3) is 0 Å². The van der Waals surface area contributed by atoms with Crippen molar-refractivity contribution in [3.05, 3.63) is 54.1 Å². The van der Waals surface area contributed by atoms with Crippen LogP contribution in [0.5, 0.6) is 0 Å². The number of hydrogen-bond acceptors (Lipinski definition) is 3. The van der Waals surface area contributed by atoms with Gasteiger partial charge in [0.05, 0.1) is 0 Å². The summed E-state index contributed by atoms with van der Waals surface area (Å²) in [7, 11) is 0. The van der Waals surface area contributed by atoms with Crippen LogP contribution in [0.4, 0.5) is 0 Å². The summed E-state index contributed by atoms with van der Waals surface area (Å²) in [5, 5.41) is 3.51. The minimum Gasteiger partial charge on any atom is -0.312 e. The maximum atomic E-state index is 3.51. The third-order valence-electron chi connectivity index (χ3n) is 4.33. The molecule has 1 heterocycles. The Morgan fingerprint density at radius 3 is 2.42 bits per heavy atom. The molecule has 1 saturated heterocycles. The fraction of sp³-hybridized carbons (Fsp3) is 0.429. The molecule has 2 aromatic rings. The van der Waals surface area contributed by atoms with E-state index in [-0.39, 0.29) is 0 Å². The Hall–Kier alpha value is -1.29. The molecule has 1 N–H and O–H groups in total. The average molecular weight is 341 g/mol. The second-order valence-corrected chi connectivity index (χ2v) is 8.08. The van der Waals surface area contributed by atoms with Crippen LogP contribution in [0.1, 0.15) is 32.3 Å². The molecular weight excluding hydrogens is 312 g/mol. The van der Waals surface area contributed by atoms with Crippen molar-refractivity contribution < 1.29 is 0 Å². The number of nitrogens with zero attached hydrogens (tertiary/aromatic N) is 1. The standard InChI is InChI=1S/C21H28N2S/c1-17(2)15-22-16-18-9-11-19(12-10-18)20-7-3-4-8-21(20)24-23-13-5-6-14-23/h3-4,7-12,17,22H,5-6,13-16H2,1-2H3. The fourth-order valence-electron chi connectivity index (χ4n) is 3.01. The van der Waals surface area contributed by atoms with Crippen molar-refractivity contribution in [3.63, 3.8) is 0 Å². The summed E-state index contributed by atoms with van der Waals surface area (Å²) < 4.78 is 2.49. The first-order valence-electron chi connectivity index (χ1n) is 9.04. The Morgan fingerprint density at radius 2 is 1.71 bits per heavy atom. The average Bonchev–Trinajstić information content (AvgIpc) is 3.09. The van der Waals surface area contributed by atoms with Gasteiger partial charge in [0.1, 0.15) is 0 Å². The quantitative estimate of drug-likeness (QED) is 0.697. The second kappa shape index (κ2) is 8.70. The Bertz CT molecular complexity index is 631. The van der Waals surface area contributed by atoms with Crippen LogP contribution in [-0.4, -0.2) is 23.9 Å². The summed E-state index contributed by atoms with van der Waals surface area (Å²) in [4.78, 5) is 1.37. The molecule has 128 valence electrons. The molecule has 0 aliphatic carbocycles. The van der Waals surface area contributed by atoms with E-state index in [0.29, 0.717) is 5.92 Å². The summed E-state index contributed by atoms with van der Waals surface area (Å²) in [6.07, 6.45) is 2.65. The molecule has 0 unspecified atom stereocenters. The first-order valence-corrected chi connectivity index (χ1v) is 9.81. The van der Waals surface area contributed by atoms with E-state index in [1.54, 1.807) is 0 Å². The normalized spacial score (nSPS) is 15.3. The van der Waals surface area contributed by atoms with E-state index >= 15 is 0 Å². The predicted octanol–water partition coefficient (Wildman–Crippen LogP) is 5.20. The van der Waals surface area contributed by atoms with Crippen LogP contribution < -0.4 is 5.32 Å². The first-order chi connectivity index (χ1) is 11.7. The molecule has 24 heavy (non-hydrogen) atoms. The lowest BCUT2D eigenvalue weighted by molar-refractivity contribution is 0.552. The molecule has 0 atom stereocenters. The summed E-state index contributed by atoms with van der Waals surface area (Å²) in [6.45, 7) is 8.91. The number of benzene rings is 2. The maximum Gasteiger partial charge on any atom is 0.0308 e. The highest BCUT2D eigenvalue weighted by atomic mass is 32.2. The lowest BCUT2D eigenvalue weighted by atomic mass is 10.0. The summed E-state index contributed by atoms with van der Waals surface area (Å²) in [5.41, 5.74) is 4.00. The van der Waals surface area contributed by atoms with Crippen LogP contribution >= 0.6 is 11.9 Å². The molecule has 1 aliphatic rings. The molecular formula is C21H28N2S. The van der Waals surface area contributed by atoms with Crippen molar-refractivity contribution >= 4 is 11.9 Å². The Labute approximate surface area is 150 Å². The Balaban J connectivity index is 1.69. The number of hydrogen-bond donors (Lipinski definition) is 1. The van der Waals surface area contributed by atoms with Crippen LogP contribution in [0.3, 0.4) is 0 Å². The van der Waals surface area contributed by atoms with E-state index in [0.717, 1.165) is 13.1 Å². The van der Waals surface area contributed by atoms with Gasteiger partial charge in [0, 0.05) is 24.5 Å².